The number of para-hydroxylation sites is 1. The predicted octanol–water partition coefficient (Wildman–Crippen LogP) is 1.86. The van der Waals surface area contributed by atoms with Crippen molar-refractivity contribution in [2.75, 3.05) is 25.0 Å². The van der Waals surface area contributed by atoms with Crippen LogP contribution < -0.4 is 5.32 Å². The third kappa shape index (κ3) is 2.79. The third-order valence-electron chi connectivity index (χ3n) is 3.42. The van der Waals surface area contributed by atoms with E-state index >= 15 is 0 Å². The van der Waals surface area contributed by atoms with Gasteiger partial charge in [-0.25, -0.2) is 0 Å². The number of benzene rings is 1. The number of nitrogens with zero attached hydrogens (tertiary/aromatic N) is 1. The average Bonchev–Trinajstić information content (AvgIpc) is 2.77. The summed E-state index contributed by atoms with van der Waals surface area (Å²) in [7, 11) is 0. The molecular weight excluding hydrogens is 212 g/mol. The molecule has 94 valence electrons. The molecule has 0 amide bonds. The van der Waals surface area contributed by atoms with Crippen LogP contribution in [0.3, 0.4) is 0 Å². The van der Waals surface area contributed by atoms with Gasteiger partial charge in [0.1, 0.15) is 0 Å². The Morgan fingerprint density at radius 1 is 1.41 bits per heavy atom. The van der Waals surface area contributed by atoms with Crippen LogP contribution in [0.5, 0.6) is 0 Å². The number of rotatable bonds is 5. The van der Waals surface area contributed by atoms with Gasteiger partial charge >= 0.3 is 0 Å². The van der Waals surface area contributed by atoms with Gasteiger partial charge in [-0.05, 0) is 31.4 Å². The maximum Gasteiger partial charge on any atom is 0.0558 e. The van der Waals surface area contributed by atoms with Crippen molar-refractivity contribution in [3.8, 4) is 0 Å². The van der Waals surface area contributed by atoms with Crippen LogP contribution in [0.25, 0.3) is 0 Å². The Bertz CT molecular complexity index is 376. The van der Waals surface area contributed by atoms with Gasteiger partial charge in [-0.15, -0.1) is 0 Å². The lowest BCUT2D eigenvalue weighted by Gasteiger charge is -2.26. The summed E-state index contributed by atoms with van der Waals surface area (Å²) in [4.78, 5) is 2.30. The molecule has 3 heteroatoms. The summed E-state index contributed by atoms with van der Waals surface area (Å²) in [6, 6.07) is 6.98. The molecule has 17 heavy (non-hydrogen) atoms. The van der Waals surface area contributed by atoms with E-state index in [4.69, 9.17) is 5.11 Å². The van der Waals surface area contributed by atoms with Crippen LogP contribution in [0.1, 0.15) is 25.0 Å². The minimum absolute atomic E-state index is 0.223. The SMILES string of the molecule is CC(C)N(CCO)Cc1cccc2c1NCC2. The normalized spacial score (nSPS) is 14.2. The molecule has 0 saturated heterocycles. The first-order valence-corrected chi connectivity index (χ1v) is 6.42. The predicted molar refractivity (Wildman–Crippen MR) is 71.3 cm³/mol. The minimum atomic E-state index is 0.223. The lowest BCUT2D eigenvalue weighted by atomic mass is 10.1. The van der Waals surface area contributed by atoms with Gasteiger partial charge in [0, 0.05) is 31.4 Å². The fourth-order valence-electron chi connectivity index (χ4n) is 2.41. The van der Waals surface area contributed by atoms with E-state index in [1.165, 1.54) is 16.8 Å². The Balaban J connectivity index is 2.14. The molecule has 1 aliphatic rings. The van der Waals surface area contributed by atoms with Crippen LogP contribution in [0.2, 0.25) is 0 Å². The molecule has 0 aliphatic carbocycles. The lowest BCUT2D eigenvalue weighted by Crippen LogP contribution is -2.33. The molecule has 0 aromatic heterocycles. The number of aliphatic hydroxyl groups is 1. The molecule has 2 rings (SSSR count). The van der Waals surface area contributed by atoms with Crippen molar-refractivity contribution in [2.45, 2.75) is 32.9 Å². The molecule has 0 unspecified atom stereocenters. The Labute approximate surface area is 103 Å². The van der Waals surface area contributed by atoms with Crippen LogP contribution in [-0.4, -0.2) is 35.7 Å². The topological polar surface area (TPSA) is 35.5 Å². The molecule has 1 aromatic rings. The van der Waals surface area contributed by atoms with Crippen molar-refractivity contribution >= 4 is 5.69 Å². The van der Waals surface area contributed by atoms with E-state index in [0.717, 1.165) is 26.1 Å². The summed E-state index contributed by atoms with van der Waals surface area (Å²) in [5.74, 6) is 0. The zero-order chi connectivity index (χ0) is 12.3. The monoisotopic (exact) mass is 234 g/mol. The van der Waals surface area contributed by atoms with Gasteiger partial charge in [0.15, 0.2) is 0 Å². The largest absolute Gasteiger partial charge is 0.395 e. The maximum atomic E-state index is 9.10. The second-order valence-electron chi connectivity index (χ2n) is 4.92. The lowest BCUT2D eigenvalue weighted by molar-refractivity contribution is 0.159. The first-order valence-electron chi connectivity index (χ1n) is 6.42. The maximum absolute atomic E-state index is 9.10. The molecule has 0 spiro atoms. The van der Waals surface area contributed by atoms with Crippen molar-refractivity contribution < 1.29 is 5.11 Å². The average molecular weight is 234 g/mol. The van der Waals surface area contributed by atoms with Crippen molar-refractivity contribution in [1.82, 2.24) is 4.90 Å². The van der Waals surface area contributed by atoms with E-state index in [1.807, 2.05) is 0 Å². The van der Waals surface area contributed by atoms with Gasteiger partial charge in [0.05, 0.1) is 6.61 Å². The summed E-state index contributed by atoms with van der Waals surface area (Å²) in [6.07, 6.45) is 1.13. The zero-order valence-electron chi connectivity index (χ0n) is 10.7. The highest BCUT2D eigenvalue weighted by Gasteiger charge is 2.16. The van der Waals surface area contributed by atoms with Gasteiger partial charge in [-0.2, -0.15) is 0 Å². The van der Waals surface area contributed by atoms with E-state index in [2.05, 4.69) is 42.3 Å². The van der Waals surface area contributed by atoms with E-state index < -0.39 is 0 Å². The van der Waals surface area contributed by atoms with Gasteiger partial charge in [0.2, 0.25) is 0 Å². The van der Waals surface area contributed by atoms with Gasteiger partial charge in [-0.1, -0.05) is 18.2 Å². The highest BCUT2D eigenvalue weighted by atomic mass is 16.3. The van der Waals surface area contributed by atoms with E-state index in [1.54, 1.807) is 0 Å². The van der Waals surface area contributed by atoms with Gasteiger partial charge in [-0.3, -0.25) is 4.90 Å². The summed E-state index contributed by atoms with van der Waals surface area (Å²) >= 11 is 0. The number of anilines is 1. The molecule has 3 nitrogen and oxygen atoms in total. The summed E-state index contributed by atoms with van der Waals surface area (Å²) in [6.45, 7) is 7.27. The first kappa shape index (κ1) is 12.4. The quantitative estimate of drug-likeness (QED) is 0.816. The minimum Gasteiger partial charge on any atom is -0.395 e. The van der Waals surface area contributed by atoms with Crippen LogP contribution in [-0.2, 0) is 13.0 Å². The molecule has 0 radical (unpaired) electrons. The number of hydrogen-bond acceptors (Lipinski definition) is 3. The number of aliphatic hydroxyl groups excluding tert-OH is 1. The number of fused-ring (bicyclic) bond motifs is 1. The molecule has 1 aromatic carbocycles. The van der Waals surface area contributed by atoms with Crippen LogP contribution in [0.4, 0.5) is 5.69 Å². The zero-order valence-corrected chi connectivity index (χ0v) is 10.7. The summed E-state index contributed by atoms with van der Waals surface area (Å²) in [5.41, 5.74) is 4.09. The highest BCUT2D eigenvalue weighted by molar-refractivity contribution is 5.61. The molecule has 0 fully saturated rings. The van der Waals surface area contributed by atoms with Crippen LogP contribution in [0, 0.1) is 0 Å². The van der Waals surface area contributed by atoms with E-state index in [-0.39, 0.29) is 6.61 Å². The fourth-order valence-corrected chi connectivity index (χ4v) is 2.41. The molecule has 1 aliphatic heterocycles. The van der Waals surface area contributed by atoms with Gasteiger partial charge < -0.3 is 10.4 Å². The second-order valence-corrected chi connectivity index (χ2v) is 4.92. The molecule has 2 N–H and O–H groups in total. The van der Waals surface area contributed by atoms with E-state index in [9.17, 15) is 0 Å². The third-order valence-corrected chi connectivity index (χ3v) is 3.42. The molecule has 0 saturated carbocycles. The Hall–Kier alpha value is -1.06. The van der Waals surface area contributed by atoms with Crippen LogP contribution in [0.15, 0.2) is 18.2 Å². The van der Waals surface area contributed by atoms with Gasteiger partial charge in [0.25, 0.3) is 0 Å². The van der Waals surface area contributed by atoms with E-state index in [0.29, 0.717) is 6.04 Å². The van der Waals surface area contributed by atoms with Crippen molar-refractivity contribution in [2.24, 2.45) is 0 Å². The smallest absolute Gasteiger partial charge is 0.0558 e. The van der Waals surface area contributed by atoms with Crippen molar-refractivity contribution in [3.63, 3.8) is 0 Å². The molecule has 0 atom stereocenters. The first-order chi connectivity index (χ1) is 8.22. The molecule has 0 bridgehead atoms. The second kappa shape index (κ2) is 5.52. The number of hydrogen-bond donors (Lipinski definition) is 2. The summed E-state index contributed by atoms with van der Waals surface area (Å²) < 4.78 is 0. The van der Waals surface area contributed by atoms with Crippen LogP contribution >= 0.6 is 0 Å². The standard InChI is InChI=1S/C14H22N2O/c1-11(2)16(8-9-17)10-13-5-3-4-12-6-7-15-14(12)13/h3-5,11,15,17H,6-10H2,1-2H3. The Morgan fingerprint density at radius 3 is 2.94 bits per heavy atom. The molecule has 1 heterocycles. The Kier molecular flexibility index (Phi) is 4.02. The fraction of sp³-hybridized carbons (Fsp3) is 0.571. The number of nitrogens with one attached hydrogen (secondary N) is 1. The highest BCUT2D eigenvalue weighted by Crippen LogP contribution is 2.27. The van der Waals surface area contributed by atoms with Crippen molar-refractivity contribution in [1.29, 1.82) is 0 Å². The Morgan fingerprint density at radius 2 is 2.24 bits per heavy atom. The molecular formula is C14H22N2O. The summed E-state index contributed by atoms with van der Waals surface area (Å²) in [5, 5.41) is 12.6. The van der Waals surface area contributed by atoms with Crippen molar-refractivity contribution in [3.05, 3.63) is 29.3 Å².